The fourth-order valence-corrected chi connectivity index (χ4v) is 7.76. The van der Waals surface area contributed by atoms with E-state index >= 15 is 0 Å². The molecule has 0 aliphatic heterocycles. The normalized spacial score (nSPS) is 14.2. The highest BCUT2D eigenvalue weighted by molar-refractivity contribution is 7.45. The Bertz CT molecular complexity index is 1250. The summed E-state index contributed by atoms with van der Waals surface area (Å²) < 4.78 is 34.7. The summed E-state index contributed by atoms with van der Waals surface area (Å²) in [5.41, 5.74) is 0. The van der Waals surface area contributed by atoms with Crippen molar-refractivity contribution in [2.24, 2.45) is 0 Å². The van der Waals surface area contributed by atoms with E-state index in [-0.39, 0.29) is 25.8 Å². The Kier molecular flexibility index (Phi) is 45.9. The summed E-state index contributed by atoms with van der Waals surface area (Å²) in [6.45, 7) is 5.16. The first-order valence-corrected chi connectivity index (χ1v) is 27.6. The van der Waals surface area contributed by atoms with Gasteiger partial charge in [0.15, 0.2) is 0 Å². The third-order valence-corrected chi connectivity index (χ3v) is 12.0. The van der Waals surface area contributed by atoms with E-state index in [9.17, 15) is 14.3 Å². The summed E-state index contributed by atoms with van der Waals surface area (Å²) in [6, 6.07) is 0. The van der Waals surface area contributed by atoms with Crippen molar-refractivity contribution >= 4 is 13.8 Å². The van der Waals surface area contributed by atoms with Gasteiger partial charge in [0.1, 0.15) is 19.3 Å². The van der Waals surface area contributed by atoms with Crippen molar-refractivity contribution in [3.8, 4) is 0 Å². The Morgan fingerprint density at radius 3 is 1.30 bits per heavy atom. The number of quaternary nitrogens is 1. The molecule has 0 aromatic carbocycles. The van der Waals surface area contributed by atoms with E-state index in [1.165, 1.54) is 122 Å². The number of hydrogen-bond acceptors (Lipinski definition) is 7. The second-order valence-corrected chi connectivity index (χ2v) is 19.9. The van der Waals surface area contributed by atoms with Crippen LogP contribution in [0.2, 0.25) is 0 Å². The predicted octanol–water partition coefficient (Wildman–Crippen LogP) is 15.6. The number of phosphoric ester groups is 1. The molecule has 0 aromatic heterocycles. The molecule has 0 spiro atoms. The van der Waals surface area contributed by atoms with Gasteiger partial charge in [-0.15, -0.1) is 0 Å². The van der Waals surface area contributed by atoms with Crippen LogP contribution in [0.5, 0.6) is 0 Å². The molecule has 64 heavy (non-hydrogen) atoms. The standard InChI is InChI=1S/C55H100NO7P/c1-6-8-10-12-14-16-18-20-22-24-26-28-29-30-32-34-36-38-40-42-44-46-48-55(57)63-54(53-62-64(58,59)61-51-49-56(3,4)5)52-60-50-47-45-43-41-39-37-35-33-31-27-25-23-21-19-17-15-13-11-9-7-2/h9,11,15,17,21,23,27,31,35,37,41,43,54H,6-8,10,12-14,16,18-20,22,24-26,28-30,32-34,36,38-40,42,44-53H2,1-5H3/b11-9-,17-15-,23-21-,31-27-,37-35-,43-41-. The van der Waals surface area contributed by atoms with Gasteiger partial charge in [0.25, 0.3) is 7.82 Å². The van der Waals surface area contributed by atoms with E-state index in [2.05, 4.69) is 86.8 Å². The number of hydrogen-bond donors (Lipinski definition) is 0. The van der Waals surface area contributed by atoms with Gasteiger partial charge in [-0.1, -0.05) is 222 Å². The van der Waals surface area contributed by atoms with Crippen LogP contribution in [0.3, 0.4) is 0 Å². The van der Waals surface area contributed by atoms with E-state index in [0.717, 1.165) is 70.6 Å². The number of phosphoric acid groups is 1. The highest BCUT2D eigenvalue weighted by atomic mass is 31.2. The minimum atomic E-state index is -4.55. The molecule has 0 aliphatic rings. The molecule has 0 amide bonds. The minimum absolute atomic E-state index is 0.0132. The number of likely N-dealkylation sites (N-methyl/N-ethyl adjacent to an activating group) is 1. The lowest BCUT2D eigenvalue weighted by Gasteiger charge is -2.28. The van der Waals surface area contributed by atoms with Gasteiger partial charge in [-0.05, 0) is 57.8 Å². The number of rotatable bonds is 48. The molecule has 0 fully saturated rings. The monoisotopic (exact) mass is 918 g/mol. The molecule has 372 valence electrons. The van der Waals surface area contributed by atoms with Crippen molar-refractivity contribution < 1.29 is 37.3 Å². The van der Waals surface area contributed by atoms with Crippen molar-refractivity contribution in [1.82, 2.24) is 0 Å². The largest absolute Gasteiger partial charge is 0.756 e. The molecule has 0 bridgehead atoms. The topological polar surface area (TPSA) is 94.1 Å². The third-order valence-electron chi connectivity index (χ3n) is 11.0. The summed E-state index contributed by atoms with van der Waals surface area (Å²) in [5.74, 6) is -0.352. The van der Waals surface area contributed by atoms with Crippen LogP contribution < -0.4 is 4.89 Å². The number of ether oxygens (including phenoxy) is 2. The van der Waals surface area contributed by atoms with Gasteiger partial charge in [-0.2, -0.15) is 0 Å². The average Bonchev–Trinajstić information content (AvgIpc) is 3.25. The van der Waals surface area contributed by atoms with Gasteiger partial charge >= 0.3 is 5.97 Å². The fourth-order valence-electron chi connectivity index (χ4n) is 7.03. The number of allylic oxidation sites excluding steroid dienone is 12. The smallest absolute Gasteiger partial charge is 0.306 e. The van der Waals surface area contributed by atoms with Gasteiger partial charge < -0.3 is 27.9 Å². The lowest BCUT2D eigenvalue weighted by atomic mass is 10.0. The van der Waals surface area contributed by atoms with Crippen LogP contribution in [0.1, 0.15) is 213 Å². The molecule has 0 rings (SSSR count). The molecule has 0 N–H and O–H groups in total. The Morgan fingerprint density at radius 2 is 0.891 bits per heavy atom. The van der Waals surface area contributed by atoms with Crippen molar-refractivity contribution in [2.75, 3.05) is 54.1 Å². The Balaban J connectivity index is 4.21. The highest BCUT2D eigenvalue weighted by Crippen LogP contribution is 2.38. The van der Waals surface area contributed by atoms with E-state index in [1.54, 1.807) is 0 Å². The van der Waals surface area contributed by atoms with Crippen LogP contribution in [0, 0.1) is 0 Å². The number of esters is 1. The first-order chi connectivity index (χ1) is 31.1. The van der Waals surface area contributed by atoms with Crippen LogP contribution in [0.4, 0.5) is 0 Å². The molecule has 2 unspecified atom stereocenters. The number of nitrogens with zero attached hydrogens (tertiary/aromatic N) is 1. The lowest BCUT2D eigenvalue weighted by Crippen LogP contribution is -2.37. The van der Waals surface area contributed by atoms with Crippen molar-refractivity contribution in [1.29, 1.82) is 0 Å². The molecular weight excluding hydrogens is 818 g/mol. The van der Waals surface area contributed by atoms with Gasteiger partial charge in [-0.3, -0.25) is 9.36 Å². The molecule has 8 nitrogen and oxygen atoms in total. The summed E-state index contributed by atoms with van der Waals surface area (Å²) in [6.07, 6.45) is 62.3. The zero-order chi connectivity index (χ0) is 46.9. The van der Waals surface area contributed by atoms with E-state index in [1.807, 2.05) is 21.1 Å². The summed E-state index contributed by atoms with van der Waals surface area (Å²) in [7, 11) is 1.32. The molecule has 0 radical (unpaired) electrons. The molecule has 9 heteroatoms. The lowest BCUT2D eigenvalue weighted by molar-refractivity contribution is -0.870. The molecule has 2 atom stereocenters. The maximum atomic E-state index is 12.8. The molecule has 0 saturated heterocycles. The third kappa shape index (κ3) is 50.9. The second kappa shape index (κ2) is 47.4. The van der Waals surface area contributed by atoms with Crippen LogP contribution in [-0.2, 0) is 27.9 Å². The second-order valence-electron chi connectivity index (χ2n) is 18.5. The molecular formula is C55H100NO7P. The van der Waals surface area contributed by atoms with Crippen LogP contribution in [0.15, 0.2) is 72.9 Å². The van der Waals surface area contributed by atoms with Crippen LogP contribution in [0.25, 0.3) is 0 Å². The van der Waals surface area contributed by atoms with E-state index in [4.69, 9.17) is 18.5 Å². The predicted molar refractivity (Wildman–Crippen MR) is 272 cm³/mol. The zero-order valence-corrected chi connectivity index (χ0v) is 43.1. The summed E-state index contributed by atoms with van der Waals surface area (Å²) >= 11 is 0. The Hall–Kier alpha value is -2.06. The van der Waals surface area contributed by atoms with E-state index in [0.29, 0.717) is 24.1 Å². The molecule has 0 aromatic rings. The molecule has 0 heterocycles. The van der Waals surface area contributed by atoms with E-state index < -0.39 is 13.9 Å². The Morgan fingerprint density at radius 1 is 0.500 bits per heavy atom. The van der Waals surface area contributed by atoms with Crippen molar-refractivity contribution in [3.63, 3.8) is 0 Å². The SMILES string of the molecule is CC/C=C\C/C=C\C/C=C\C/C=C\C/C=C\C/C=C\CCCOCC(COP(=O)([O-])OCC[N+](C)(C)C)OC(=O)CCCCCCCCCCCCCCCCCCCCCCCC. The Labute approximate surface area is 395 Å². The quantitative estimate of drug-likeness (QED) is 0.0197. The summed E-state index contributed by atoms with van der Waals surface area (Å²) in [4.78, 5) is 25.2. The van der Waals surface area contributed by atoms with Gasteiger partial charge in [0, 0.05) is 13.0 Å². The van der Waals surface area contributed by atoms with Gasteiger partial charge in [0.05, 0.1) is 34.4 Å². The first kappa shape index (κ1) is 61.9. The molecule has 0 saturated carbocycles. The maximum absolute atomic E-state index is 12.8. The van der Waals surface area contributed by atoms with Gasteiger partial charge in [-0.25, -0.2) is 0 Å². The average molecular weight is 918 g/mol. The highest BCUT2D eigenvalue weighted by Gasteiger charge is 2.20. The van der Waals surface area contributed by atoms with Crippen molar-refractivity contribution in [2.45, 2.75) is 219 Å². The summed E-state index contributed by atoms with van der Waals surface area (Å²) in [5, 5.41) is 0. The van der Waals surface area contributed by atoms with Gasteiger partial charge in [0.2, 0.25) is 0 Å². The van der Waals surface area contributed by atoms with Crippen molar-refractivity contribution in [3.05, 3.63) is 72.9 Å². The van der Waals surface area contributed by atoms with Crippen LogP contribution in [-0.4, -0.2) is 70.7 Å². The van der Waals surface area contributed by atoms with Crippen LogP contribution >= 0.6 is 7.82 Å². The maximum Gasteiger partial charge on any atom is 0.306 e. The molecule has 0 aliphatic carbocycles. The number of carbonyl (C=O) groups is 1. The minimum Gasteiger partial charge on any atom is -0.756 e. The number of unbranched alkanes of at least 4 members (excludes halogenated alkanes) is 22. The zero-order valence-electron chi connectivity index (χ0n) is 42.2. The fraction of sp³-hybridized carbons (Fsp3) is 0.764. The first-order valence-electron chi connectivity index (χ1n) is 26.2. The number of carbonyl (C=O) groups excluding carboxylic acids is 1.